The van der Waals surface area contributed by atoms with E-state index in [-0.39, 0.29) is 25.4 Å². The second kappa shape index (κ2) is 11.9. The van der Waals surface area contributed by atoms with Crippen molar-refractivity contribution in [3.63, 3.8) is 0 Å². The van der Waals surface area contributed by atoms with Gasteiger partial charge < -0.3 is 24.6 Å². The Bertz CT molecular complexity index is 1050. The van der Waals surface area contributed by atoms with Crippen LogP contribution in [0.4, 0.5) is 9.59 Å². The van der Waals surface area contributed by atoms with E-state index in [0.717, 1.165) is 11.1 Å². The van der Waals surface area contributed by atoms with Crippen molar-refractivity contribution in [1.82, 2.24) is 5.32 Å². The maximum atomic E-state index is 12.0. The molecule has 0 aliphatic heterocycles. The van der Waals surface area contributed by atoms with Crippen LogP contribution in [0.1, 0.15) is 16.7 Å². The van der Waals surface area contributed by atoms with Crippen LogP contribution in [-0.4, -0.2) is 29.4 Å². The number of amides is 1. The Morgan fingerprint density at radius 2 is 1.27 bits per heavy atom. The highest BCUT2D eigenvalue weighted by molar-refractivity contribution is 5.80. The third-order valence-corrected chi connectivity index (χ3v) is 4.57. The molecule has 0 aliphatic carbocycles. The number of carbonyl (C=O) groups is 3. The zero-order chi connectivity index (χ0) is 23.5. The van der Waals surface area contributed by atoms with E-state index in [1.807, 2.05) is 48.5 Å². The summed E-state index contributed by atoms with van der Waals surface area (Å²) in [5.41, 5.74) is 2.24. The van der Waals surface area contributed by atoms with Gasteiger partial charge in [0.2, 0.25) is 0 Å². The summed E-state index contributed by atoms with van der Waals surface area (Å²) in [6, 6.07) is 23.3. The molecule has 0 saturated heterocycles. The zero-order valence-corrected chi connectivity index (χ0v) is 17.7. The number of carboxylic acids is 1. The Kier molecular flexibility index (Phi) is 8.41. The van der Waals surface area contributed by atoms with Gasteiger partial charge >= 0.3 is 18.2 Å². The van der Waals surface area contributed by atoms with Crippen LogP contribution in [0.2, 0.25) is 0 Å². The summed E-state index contributed by atoms with van der Waals surface area (Å²) in [6.45, 7) is 0.121. The second-order valence-electron chi connectivity index (χ2n) is 7.07. The van der Waals surface area contributed by atoms with Crippen molar-refractivity contribution in [1.29, 1.82) is 0 Å². The summed E-state index contributed by atoms with van der Waals surface area (Å²) in [5, 5.41) is 11.8. The first-order valence-electron chi connectivity index (χ1n) is 10.2. The topological polar surface area (TPSA) is 111 Å². The number of aliphatic carboxylic acids is 1. The van der Waals surface area contributed by atoms with Gasteiger partial charge in [0, 0.05) is 6.42 Å². The number of hydrogen-bond acceptors (Lipinski definition) is 6. The van der Waals surface area contributed by atoms with Gasteiger partial charge in [-0.3, -0.25) is 0 Å². The fourth-order valence-electron chi connectivity index (χ4n) is 2.88. The third kappa shape index (κ3) is 8.02. The normalized spacial score (nSPS) is 11.2. The van der Waals surface area contributed by atoms with Crippen LogP contribution in [0, 0.1) is 0 Å². The summed E-state index contributed by atoms with van der Waals surface area (Å²) in [7, 11) is 0. The second-order valence-corrected chi connectivity index (χ2v) is 7.07. The van der Waals surface area contributed by atoms with Crippen LogP contribution in [0.15, 0.2) is 84.9 Å². The maximum absolute atomic E-state index is 12.0. The molecule has 0 aromatic heterocycles. The van der Waals surface area contributed by atoms with Crippen molar-refractivity contribution in [2.24, 2.45) is 0 Å². The van der Waals surface area contributed by atoms with E-state index < -0.39 is 24.3 Å². The number of ether oxygens (including phenoxy) is 3. The van der Waals surface area contributed by atoms with E-state index in [1.54, 1.807) is 24.3 Å². The number of nitrogens with one attached hydrogen (secondary N) is 1. The largest absolute Gasteiger partial charge is 0.514 e. The van der Waals surface area contributed by atoms with E-state index in [4.69, 9.17) is 14.2 Å². The lowest BCUT2D eigenvalue weighted by Crippen LogP contribution is -2.42. The van der Waals surface area contributed by atoms with Gasteiger partial charge in [-0.05, 0) is 28.8 Å². The Balaban J connectivity index is 1.47. The van der Waals surface area contributed by atoms with Crippen molar-refractivity contribution >= 4 is 18.2 Å². The number of benzene rings is 3. The fourth-order valence-corrected chi connectivity index (χ4v) is 2.88. The van der Waals surface area contributed by atoms with Crippen molar-refractivity contribution < 1.29 is 33.7 Å². The molecule has 3 aromatic carbocycles. The minimum atomic E-state index is -1.20. The average Bonchev–Trinajstić information content (AvgIpc) is 2.83. The molecule has 0 spiro atoms. The van der Waals surface area contributed by atoms with Crippen LogP contribution in [0.25, 0.3) is 0 Å². The Hall–Kier alpha value is -4.33. The minimum Gasteiger partial charge on any atom is -0.480 e. The number of hydrogen-bond donors (Lipinski definition) is 2. The van der Waals surface area contributed by atoms with Gasteiger partial charge in [-0.2, -0.15) is 0 Å². The van der Waals surface area contributed by atoms with Gasteiger partial charge in [0.05, 0.1) is 0 Å². The molecule has 3 rings (SSSR count). The van der Waals surface area contributed by atoms with Gasteiger partial charge in [0.25, 0.3) is 0 Å². The van der Waals surface area contributed by atoms with Gasteiger partial charge in [-0.15, -0.1) is 0 Å². The lowest BCUT2D eigenvalue weighted by molar-refractivity contribution is -0.139. The summed E-state index contributed by atoms with van der Waals surface area (Å²) in [6.07, 6.45) is -1.65. The van der Waals surface area contributed by atoms with E-state index in [0.29, 0.717) is 5.56 Å². The van der Waals surface area contributed by atoms with Gasteiger partial charge in [-0.25, -0.2) is 14.4 Å². The number of carboxylic acid groups (broad SMARTS) is 1. The zero-order valence-electron chi connectivity index (χ0n) is 17.7. The number of alkyl carbamates (subject to hydrolysis) is 1. The molecule has 0 radical (unpaired) electrons. The van der Waals surface area contributed by atoms with Crippen LogP contribution >= 0.6 is 0 Å². The first kappa shape index (κ1) is 23.3. The highest BCUT2D eigenvalue weighted by atomic mass is 16.7. The molecular formula is C25H23NO7. The molecule has 170 valence electrons. The van der Waals surface area contributed by atoms with Crippen LogP contribution in [-0.2, 0) is 33.9 Å². The predicted molar refractivity (Wildman–Crippen MR) is 119 cm³/mol. The minimum absolute atomic E-state index is 0.0223. The monoisotopic (exact) mass is 449 g/mol. The molecule has 0 bridgehead atoms. The summed E-state index contributed by atoms with van der Waals surface area (Å²) in [5.74, 6) is -0.949. The molecule has 8 heteroatoms. The van der Waals surface area contributed by atoms with Crippen LogP contribution < -0.4 is 10.1 Å². The molecule has 0 unspecified atom stereocenters. The lowest BCUT2D eigenvalue weighted by Gasteiger charge is -2.15. The van der Waals surface area contributed by atoms with E-state index in [1.165, 1.54) is 12.1 Å². The third-order valence-electron chi connectivity index (χ3n) is 4.57. The molecule has 3 aromatic rings. The summed E-state index contributed by atoms with van der Waals surface area (Å²) >= 11 is 0. The summed E-state index contributed by atoms with van der Waals surface area (Å²) in [4.78, 5) is 35.4. The van der Waals surface area contributed by atoms with Gasteiger partial charge in [0.15, 0.2) is 0 Å². The first-order valence-corrected chi connectivity index (χ1v) is 10.2. The molecule has 0 aliphatic rings. The maximum Gasteiger partial charge on any atom is 0.514 e. The SMILES string of the molecule is O=C(N[C@H](Cc1ccc(OC(=O)OCc2ccccc2)cc1)C(=O)O)OCc1ccccc1. The molecule has 0 heterocycles. The molecule has 0 saturated carbocycles. The van der Waals surface area contributed by atoms with Crippen molar-refractivity contribution in [2.45, 2.75) is 25.7 Å². The van der Waals surface area contributed by atoms with E-state index >= 15 is 0 Å². The van der Waals surface area contributed by atoms with E-state index in [2.05, 4.69) is 5.32 Å². The first-order chi connectivity index (χ1) is 16.0. The lowest BCUT2D eigenvalue weighted by atomic mass is 10.1. The highest BCUT2D eigenvalue weighted by Crippen LogP contribution is 2.15. The average molecular weight is 449 g/mol. The number of carbonyl (C=O) groups excluding carboxylic acids is 2. The quantitative estimate of drug-likeness (QED) is 0.370. The van der Waals surface area contributed by atoms with Gasteiger partial charge in [-0.1, -0.05) is 72.8 Å². The van der Waals surface area contributed by atoms with Crippen LogP contribution in [0.3, 0.4) is 0 Å². The Morgan fingerprint density at radius 1 is 0.727 bits per heavy atom. The number of rotatable bonds is 9. The Labute approximate surface area is 190 Å². The van der Waals surface area contributed by atoms with Crippen molar-refractivity contribution in [3.05, 3.63) is 102 Å². The molecular weight excluding hydrogens is 426 g/mol. The highest BCUT2D eigenvalue weighted by Gasteiger charge is 2.21. The molecule has 1 amide bonds. The molecule has 2 N–H and O–H groups in total. The Morgan fingerprint density at radius 3 is 1.82 bits per heavy atom. The summed E-state index contributed by atoms with van der Waals surface area (Å²) < 4.78 is 15.3. The van der Waals surface area contributed by atoms with E-state index in [9.17, 15) is 19.5 Å². The fraction of sp³-hybridized carbons (Fsp3) is 0.160. The molecule has 0 fully saturated rings. The molecule has 8 nitrogen and oxygen atoms in total. The standard InChI is InChI=1S/C25H23NO7/c27-23(28)22(26-24(29)31-16-19-7-3-1-4-8-19)15-18-11-13-21(14-12-18)33-25(30)32-17-20-9-5-2-6-10-20/h1-14,22H,15-17H2,(H,26,29)(H,27,28)/t22-/m1/s1. The van der Waals surface area contributed by atoms with Crippen LogP contribution in [0.5, 0.6) is 5.75 Å². The molecule has 1 atom stereocenters. The smallest absolute Gasteiger partial charge is 0.480 e. The van der Waals surface area contributed by atoms with Gasteiger partial charge in [0.1, 0.15) is 25.0 Å². The predicted octanol–water partition coefficient (Wildman–Crippen LogP) is 4.32. The van der Waals surface area contributed by atoms with Crippen molar-refractivity contribution in [2.75, 3.05) is 0 Å². The molecule has 33 heavy (non-hydrogen) atoms. The van der Waals surface area contributed by atoms with Crippen molar-refractivity contribution in [3.8, 4) is 5.75 Å².